The predicted molar refractivity (Wildman–Crippen MR) is 151 cm³/mol. The molecule has 6 aliphatic rings. The molecule has 1 aliphatic carbocycles. The molecule has 0 bridgehead atoms. The van der Waals surface area contributed by atoms with Gasteiger partial charge in [-0.1, -0.05) is 12.1 Å². The number of hydrogen-bond donors (Lipinski definition) is 4. The van der Waals surface area contributed by atoms with Crippen molar-refractivity contribution in [1.29, 1.82) is 0 Å². The lowest BCUT2D eigenvalue weighted by molar-refractivity contribution is -0.140. The summed E-state index contributed by atoms with van der Waals surface area (Å²) in [5.74, 6) is 1.59. The zero-order chi connectivity index (χ0) is 28.2. The summed E-state index contributed by atoms with van der Waals surface area (Å²) in [6, 6.07) is 6.84. The number of aliphatic hydroxyl groups excluding tert-OH is 1. The van der Waals surface area contributed by atoms with E-state index in [9.17, 15) is 14.7 Å². The maximum atomic E-state index is 13.4. The number of aliphatic hydroxyl groups is 1. The van der Waals surface area contributed by atoms with Crippen molar-refractivity contribution in [3.8, 4) is 11.5 Å². The number of nitrogens with zero attached hydrogens (tertiary/aromatic N) is 3. The Bertz CT molecular complexity index is 1400. The number of para-hydroxylation sites is 2. The van der Waals surface area contributed by atoms with E-state index >= 15 is 0 Å². The van der Waals surface area contributed by atoms with Gasteiger partial charge in [-0.3, -0.25) is 19.5 Å². The molecule has 1 aromatic rings. The number of allylic oxidation sites excluding steroid dienone is 1. The smallest absolute Gasteiger partial charge is 0.261 e. The number of carbonyl (C=O) groups is 2. The summed E-state index contributed by atoms with van der Waals surface area (Å²) >= 11 is 0. The number of carbonyl (C=O) groups excluding carboxylic acids is 2. The van der Waals surface area contributed by atoms with Crippen LogP contribution in [0.1, 0.15) is 19.8 Å². The molecule has 0 aromatic heterocycles. The minimum Gasteiger partial charge on any atom is -0.486 e. The highest BCUT2D eigenvalue weighted by Crippen LogP contribution is 2.36. The van der Waals surface area contributed by atoms with Crippen LogP contribution < -0.4 is 25.4 Å². The molecule has 11 heteroatoms. The number of rotatable bonds is 4. The van der Waals surface area contributed by atoms with Gasteiger partial charge in [-0.2, -0.15) is 0 Å². The van der Waals surface area contributed by atoms with E-state index in [2.05, 4.69) is 32.9 Å². The van der Waals surface area contributed by atoms with E-state index < -0.39 is 6.23 Å². The lowest BCUT2D eigenvalue weighted by Crippen LogP contribution is -2.47. The van der Waals surface area contributed by atoms with Crippen molar-refractivity contribution in [2.24, 2.45) is 4.99 Å². The van der Waals surface area contributed by atoms with Crippen molar-refractivity contribution in [2.45, 2.75) is 56.3 Å². The zero-order valence-corrected chi connectivity index (χ0v) is 23.0. The highest BCUT2D eigenvalue weighted by atomic mass is 16.6. The summed E-state index contributed by atoms with van der Waals surface area (Å²) in [5, 5.41) is 21.2. The van der Waals surface area contributed by atoms with Crippen LogP contribution in [0.2, 0.25) is 0 Å². The van der Waals surface area contributed by atoms with Gasteiger partial charge in [0.25, 0.3) is 11.8 Å². The molecule has 3 saturated heterocycles. The molecule has 1 aromatic carbocycles. The number of aliphatic imine (C=N–C) groups is 1. The van der Waals surface area contributed by atoms with Crippen LogP contribution in [0.15, 0.2) is 75.7 Å². The van der Waals surface area contributed by atoms with Crippen LogP contribution in [0.4, 0.5) is 0 Å². The van der Waals surface area contributed by atoms with Crippen LogP contribution in [0.5, 0.6) is 11.5 Å². The van der Waals surface area contributed by atoms with Crippen LogP contribution in [0.25, 0.3) is 0 Å². The second kappa shape index (κ2) is 10.1. The molecule has 5 heterocycles. The third-order valence-corrected chi connectivity index (χ3v) is 8.70. The van der Waals surface area contributed by atoms with Gasteiger partial charge in [0.1, 0.15) is 12.4 Å². The number of ether oxygens (including phenoxy) is 2. The lowest BCUT2D eigenvalue weighted by Gasteiger charge is -2.33. The molecule has 3 fully saturated rings. The van der Waals surface area contributed by atoms with Crippen molar-refractivity contribution >= 4 is 18.0 Å². The van der Waals surface area contributed by atoms with Gasteiger partial charge in [-0.15, -0.1) is 0 Å². The molecule has 11 nitrogen and oxygen atoms in total. The average molecular weight is 559 g/mol. The molecule has 5 atom stereocenters. The Hall–Kier alpha value is -4.09. The minimum absolute atomic E-state index is 0.0694. The van der Waals surface area contributed by atoms with E-state index in [-0.39, 0.29) is 42.1 Å². The molecule has 214 valence electrons. The Labute approximate surface area is 238 Å². The van der Waals surface area contributed by atoms with Crippen molar-refractivity contribution in [3.63, 3.8) is 0 Å². The van der Waals surface area contributed by atoms with Crippen molar-refractivity contribution in [2.75, 3.05) is 26.7 Å². The van der Waals surface area contributed by atoms with Gasteiger partial charge >= 0.3 is 0 Å². The normalized spacial score (nSPS) is 30.1. The number of likely N-dealkylation sites (tertiary alicyclic amines) is 2. The maximum Gasteiger partial charge on any atom is 0.261 e. The number of imide groups is 1. The van der Waals surface area contributed by atoms with Gasteiger partial charge in [0.05, 0.1) is 34.8 Å². The Morgan fingerprint density at radius 1 is 1.05 bits per heavy atom. The van der Waals surface area contributed by atoms with E-state index in [1.807, 2.05) is 49.4 Å². The molecule has 5 unspecified atom stereocenters. The minimum atomic E-state index is -1.10. The summed E-state index contributed by atoms with van der Waals surface area (Å²) in [6.45, 7) is 4.12. The Balaban J connectivity index is 1.09. The van der Waals surface area contributed by atoms with Crippen LogP contribution in [-0.4, -0.2) is 96.2 Å². The summed E-state index contributed by atoms with van der Waals surface area (Å²) in [7, 11) is 2.06. The fourth-order valence-corrected chi connectivity index (χ4v) is 6.36. The van der Waals surface area contributed by atoms with Crippen molar-refractivity contribution in [3.05, 3.63) is 70.7 Å². The molecular formula is C30H34N6O5. The van der Waals surface area contributed by atoms with Gasteiger partial charge < -0.3 is 35.4 Å². The number of piperidine rings is 1. The Morgan fingerprint density at radius 2 is 1.71 bits per heavy atom. The van der Waals surface area contributed by atoms with Crippen LogP contribution >= 0.6 is 0 Å². The van der Waals surface area contributed by atoms with Gasteiger partial charge in [-0.05, 0) is 70.3 Å². The molecule has 7 rings (SSSR count). The third-order valence-electron chi connectivity index (χ3n) is 8.70. The van der Waals surface area contributed by atoms with Crippen LogP contribution in [0.3, 0.4) is 0 Å². The van der Waals surface area contributed by atoms with Crippen molar-refractivity contribution in [1.82, 2.24) is 25.8 Å². The highest BCUT2D eigenvalue weighted by Gasteiger charge is 2.47. The molecule has 0 spiro atoms. The molecular weight excluding hydrogens is 524 g/mol. The zero-order valence-electron chi connectivity index (χ0n) is 23.0. The first-order valence-electron chi connectivity index (χ1n) is 14.2. The van der Waals surface area contributed by atoms with E-state index in [1.54, 1.807) is 6.21 Å². The number of hydrogen-bond acceptors (Lipinski definition) is 10. The van der Waals surface area contributed by atoms with Gasteiger partial charge in [-0.25, -0.2) is 0 Å². The van der Waals surface area contributed by atoms with Crippen LogP contribution in [-0.2, 0) is 9.59 Å². The second-order valence-electron chi connectivity index (χ2n) is 11.4. The summed E-state index contributed by atoms with van der Waals surface area (Å²) in [4.78, 5) is 34.6. The molecule has 0 saturated carbocycles. The first-order valence-corrected chi connectivity index (χ1v) is 14.2. The monoisotopic (exact) mass is 558 g/mol. The SMILES string of the molecule is CC(NC1=CC=NC(O)C1=C1NC2C=C3C(=O)N(C4CCN(C)CC4)C(=O)C3=CC2N1)C1COc2ccccc2O1. The molecule has 0 radical (unpaired) electrons. The molecule has 4 N–H and O–H groups in total. The summed E-state index contributed by atoms with van der Waals surface area (Å²) in [5.41, 5.74) is 2.15. The van der Waals surface area contributed by atoms with E-state index in [1.165, 1.54) is 4.90 Å². The number of amides is 2. The van der Waals surface area contributed by atoms with E-state index in [4.69, 9.17) is 9.47 Å². The van der Waals surface area contributed by atoms with Crippen LogP contribution in [0, 0.1) is 0 Å². The standard InChI is InChI=1S/C30H34N6O5/c1-16(25-15-40-23-5-3-4-6-24(23)41-25)32-20-7-10-31-28(37)26(20)27-33-21-13-18-19(14-22(21)34-27)30(39)36(29(18)38)17-8-11-35(2)12-9-17/h3-7,10,13-14,16-17,21-22,25,28,32-34,37H,8-9,11-12,15H2,1-2H3. The number of dihydropyridines is 1. The number of nitrogens with one attached hydrogen (secondary N) is 3. The first-order chi connectivity index (χ1) is 19.9. The summed E-state index contributed by atoms with van der Waals surface area (Å²) < 4.78 is 12.1. The maximum absolute atomic E-state index is 13.4. The Morgan fingerprint density at radius 3 is 2.39 bits per heavy atom. The highest BCUT2D eigenvalue weighted by molar-refractivity contribution is 6.25. The average Bonchev–Trinajstić information content (AvgIpc) is 3.49. The van der Waals surface area contributed by atoms with Gasteiger partial charge in [0.2, 0.25) is 0 Å². The largest absolute Gasteiger partial charge is 0.486 e. The Kier molecular flexibility index (Phi) is 6.35. The molecule has 5 aliphatic heterocycles. The summed E-state index contributed by atoms with van der Waals surface area (Å²) in [6.07, 6.45) is 7.30. The third kappa shape index (κ3) is 4.49. The van der Waals surface area contributed by atoms with Gasteiger partial charge in [0, 0.05) is 18.0 Å². The second-order valence-corrected chi connectivity index (χ2v) is 11.4. The quantitative estimate of drug-likeness (QED) is 0.392. The van der Waals surface area contributed by atoms with Crippen molar-refractivity contribution < 1.29 is 24.2 Å². The van der Waals surface area contributed by atoms with E-state index in [0.29, 0.717) is 40.6 Å². The number of benzene rings is 1. The van der Waals surface area contributed by atoms with Gasteiger partial charge in [0.15, 0.2) is 23.8 Å². The first kappa shape index (κ1) is 25.8. The topological polar surface area (TPSA) is 128 Å². The lowest BCUT2D eigenvalue weighted by atomic mass is 9.94. The fraction of sp³-hybridized carbons (Fsp3) is 0.433. The predicted octanol–water partition coefficient (Wildman–Crippen LogP) is 0.562. The molecule has 2 amide bonds. The van der Waals surface area contributed by atoms with E-state index in [0.717, 1.165) is 31.7 Å². The fourth-order valence-electron chi connectivity index (χ4n) is 6.36. The molecule has 41 heavy (non-hydrogen) atoms. The number of fused-ring (bicyclic) bond motifs is 3.